The van der Waals surface area contributed by atoms with E-state index >= 15 is 0 Å². The minimum absolute atomic E-state index is 0.00472. The van der Waals surface area contributed by atoms with Crippen molar-refractivity contribution >= 4 is 28.7 Å². The molecule has 1 heterocycles. The number of carbonyl (C=O) groups excluding carboxylic acids is 3. The Hall–Kier alpha value is -3.61. The van der Waals surface area contributed by atoms with Crippen LogP contribution in [0.3, 0.4) is 0 Å². The molecule has 7 heteroatoms. The van der Waals surface area contributed by atoms with Crippen molar-refractivity contribution in [3.63, 3.8) is 0 Å². The summed E-state index contributed by atoms with van der Waals surface area (Å²) in [6.45, 7) is 7.49. The molecular weight excluding hydrogens is 454 g/mol. The predicted molar refractivity (Wildman–Crippen MR) is 141 cm³/mol. The molecular formula is C29H37N3O4. The number of aryl methyl sites for hydroxylation is 1. The second-order valence-corrected chi connectivity index (χ2v) is 9.03. The maximum Gasteiger partial charge on any atom is 0.306 e. The van der Waals surface area contributed by atoms with Gasteiger partial charge in [0.05, 0.1) is 19.6 Å². The lowest BCUT2D eigenvalue weighted by atomic mass is 10.1. The van der Waals surface area contributed by atoms with Crippen LogP contribution in [0.5, 0.6) is 0 Å². The predicted octanol–water partition coefficient (Wildman–Crippen LogP) is 4.63. The van der Waals surface area contributed by atoms with Crippen LogP contribution in [0.4, 0.5) is 0 Å². The standard InChI is InChI=1S/C29H37N3O4/c1-4-17-31(27(33)14-15-29(35)36-5-2)21-28(34)32(20-23-12-10-22(3)11-13-23)18-16-24-19-30-26-9-7-6-8-25(24)26/h6-13,19,30H,4-5,14-18,20-21H2,1-3H3. The maximum atomic E-state index is 13.5. The molecule has 0 saturated heterocycles. The van der Waals surface area contributed by atoms with Gasteiger partial charge in [0.2, 0.25) is 11.8 Å². The average molecular weight is 492 g/mol. The van der Waals surface area contributed by atoms with Crippen molar-refractivity contribution < 1.29 is 19.1 Å². The van der Waals surface area contributed by atoms with E-state index in [0.717, 1.165) is 34.0 Å². The largest absolute Gasteiger partial charge is 0.466 e. The van der Waals surface area contributed by atoms with Crippen molar-refractivity contribution in [1.82, 2.24) is 14.8 Å². The number of H-pyrrole nitrogens is 1. The molecule has 192 valence electrons. The molecule has 0 unspecified atom stereocenters. The van der Waals surface area contributed by atoms with Crippen LogP contribution in [0.25, 0.3) is 10.9 Å². The molecule has 7 nitrogen and oxygen atoms in total. The highest BCUT2D eigenvalue weighted by Gasteiger charge is 2.22. The van der Waals surface area contributed by atoms with E-state index < -0.39 is 5.97 Å². The van der Waals surface area contributed by atoms with E-state index in [4.69, 9.17) is 4.74 Å². The summed E-state index contributed by atoms with van der Waals surface area (Å²) in [6, 6.07) is 16.3. The summed E-state index contributed by atoms with van der Waals surface area (Å²) in [5, 5.41) is 1.15. The first-order valence-corrected chi connectivity index (χ1v) is 12.7. The number of nitrogens with zero attached hydrogens (tertiary/aromatic N) is 2. The summed E-state index contributed by atoms with van der Waals surface area (Å²) in [5.74, 6) is -0.702. The number of carbonyl (C=O) groups is 3. The van der Waals surface area contributed by atoms with E-state index in [1.54, 1.807) is 11.8 Å². The number of aromatic amines is 1. The van der Waals surface area contributed by atoms with E-state index in [9.17, 15) is 14.4 Å². The van der Waals surface area contributed by atoms with Gasteiger partial charge in [0.1, 0.15) is 0 Å². The zero-order valence-corrected chi connectivity index (χ0v) is 21.6. The number of para-hydroxylation sites is 1. The Bertz CT molecular complexity index is 1150. The number of amides is 2. The van der Waals surface area contributed by atoms with Gasteiger partial charge in [-0.2, -0.15) is 0 Å². The van der Waals surface area contributed by atoms with E-state index in [1.807, 2.05) is 67.4 Å². The van der Waals surface area contributed by atoms with Crippen molar-refractivity contribution in [3.05, 3.63) is 71.4 Å². The van der Waals surface area contributed by atoms with Gasteiger partial charge in [-0.05, 0) is 43.9 Å². The molecule has 0 fully saturated rings. The molecule has 0 radical (unpaired) electrons. The topological polar surface area (TPSA) is 82.7 Å². The molecule has 0 aliphatic carbocycles. The highest BCUT2D eigenvalue weighted by atomic mass is 16.5. The Morgan fingerprint density at radius 2 is 1.64 bits per heavy atom. The summed E-state index contributed by atoms with van der Waals surface area (Å²) >= 11 is 0. The summed E-state index contributed by atoms with van der Waals surface area (Å²) in [7, 11) is 0. The Labute approximate surface area is 213 Å². The van der Waals surface area contributed by atoms with E-state index in [-0.39, 0.29) is 37.8 Å². The molecule has 1 N–H and O–H groups in total. The quantitative estimate of drug-likeness (QED) is 0.354. The molecule has 0 spiro atoms. The third-order valence-corrected chi connectivity index (χ3v) is 6.19. The first-order valence-electron chi connectivity index (χ1n) is 12.7. The average Bonchev–Trinajstić information content (AvgIpc) is 3.29. The molecule has 1 aromatic heterocycles. The van der Waals surface area contributed by atoms with Crippen molar-refractivity contribution in [2.24, 2.45) is 0 Å². The number of hydrogen-bond acceptors (Lipinski definition) is 4. The molecule has 2 amide bonds. The number of aromatic nitrogens is 1. The number of fused-ring (bicyclic) bond motifs is 1. The lowest BCUT2D eigenvalue weighted by Gasteiger charge is -2.28. The molecule has 0 bridgehead atoms. The smallest absolute Gasteiger partial charge is 0.306 e. The zero-order chi connectivity index (χ0) is 25.9. The minimum Gasteiger partial charge on any atom is -0.466 e. The van der Waals surface area contributed by atoms with E-state index in [1.165, 1.54) is 0 Å². The number of rotatable bonds is 13. The van der Waals surface area contributed by atoms with Crippen molar-refractivity contribution in [2.45, 2.75) is 53.0 Å². The van der Waals surface area contributed by atoms with Gasteiger partial charge >= 0.3 is 5.97 Å². The van der Waals surface area contributed by atoms with E-state index in [0.29, 0.717) is 26.1 Å². The number of nitrogens with one attached hydrogen (secondary N) is 1. The van der Waals surface area contributed by atoms with Gasteiger partial charge in [0, 0.05) is 43.2 Å². The van der Waals surface area contributed by atoms with Crippen LogP contribution in [0.2, 0.25) is 0 Å². The summed E-state index contributed by atoms with van der Waals surface area (Å²) in [4.78, 5) is 44.7. The fourth-order valence-corrected chi connectivity index (χ4v) is 4.23. The molecule has 0 saturated carbocycles. The van der Waals surface area contributed by atoms with Crippen LogP contribution in [-0.2, 0) is 32.1 Å². The first-order chi connectivity index (χ1) is 17.4. The molecule has 0 aliphatic rings. The van der Waals surface area contributed by atoms with Gasteiger partial charge in [-0.25, -0.2) is 0 Å². The SMILES string of the molecule is CCCN(CC(=O)N(CCc1c[nH]c2ccccc12)Cc1ccc(C)cc1)C(=O)CCC(=O)OCC. The number of hydrogen-bond donors (Lipinski definition) is 1. The second kappa shape index (κ2) is 13.5. The molecule has 2 aromatic carbocycles. The second-order valence-electron chi connectivity index (χ2n) is 9.03. The van der Waals surface area contributed by atoms with Gasteiger partial charge in [-0.15, -0.1) is 0 Å². The third-order valence-electron chi connectivity index (χ3n) is 6.19. The van der Waals surface area contributed by atoms with Crippen LogP contribution in [0.15, 0.2) is 54.7 Å². The number of esters is 1. The van der Waals surface area contributed by atoms with Gasteiger partial charge in [0.15, 0.2) is 0 Å². The lowest BCUT2D eigenvalue weighted by molar-refractivity contribution is -0.146. The van der Waals surface area contributed by atoms with Crippen LogP contribution >= 0.6 is 0 Å². The van der Waals surface area contributed by atoms with Gasteiger partial charge in [0.25, 0.3) is 0 Å². The maximum absolute atomic E-state index is 13.5. The van der Waals surface area contributed by atoms with Crippen molar-refractivity contribution in [1.29, 1.82) is 0 Å². The van der Waals surface area contributed by atoms with Crippen molar-refractivity contribution in [3.8, 4) is 0 Å². The Kier molecular flexibility index (Phi) is 10.1. The van der Waals surface area contributed by atoms with Crippen LogP contribution in [0.1, 0.15) is 49.8 Å². The normalized spacial score (nSPS) is 10.9. The Morgan fingerprint density at radius 1 is 0.889 bits per heavy atom. The van der Waals surface area contributed by atoms with Crippen molar-refractivity contribution in [2.75, 3.05) is 26.2 Å². The third kappa shape index (κ3) is 7.70. The van der Waals surface area contributed by atoms with Gasteiger partial charge in [-0.3, -0.25) is 14.4 Å². The lowest BCUT2D eigenvalue weighted by Crippen LogP contribution is -2.43. The number of ether oxygens (including phenoxy) is 1. The fraction of sp³-hybridized carbons (Fsp3) is 0.414. The first kappa shape index (κ1) is 27.0. The molecule has 0 aliphatic heterocycles. The summed E-state index contributed by atoms with van der Waals surface area (Å²) in [6.07, 6.45) is 3.49. The molecule has 0 atom stereocenters. The highest BCUT2D eigenvalue weighted by Crippen LogP contribution is 2.19. The Morgan fingerprint density at radius 3 is 2.36 bits per heavy atom. The zero-order valence-electron chi connectivity index (χ0n) is 21.6. The fourth-order valence-electron chi connectivity index (χ4n) is 4.23. The van der Waals surface area contributed by atoms with Crippen LogP contribution in [-0.4, -0.2) is 58.8 Å². The minimum atomic E-state index is -0.395. The Balaban J connectivity index is 1.72. The monoisotopic (exact) mass is 491 g/mol. The summed E-state index contributed by atoms with van der Waals surface area (Å²) < 4.78 is 4.94. The molecule has 3 rings (SSSR count). The molecule has 3 aromatic rings. The molecule has 36 heavy (non-hydrogen) atoms. The number of benzene rings is 2. The van der Waals surface area contributed by atoms with Crippen LogP contribution in [0, 0.1) is 6.92 Å². The van der Waals surface area contributed by atoms with E-state index in [2.05, 4.69) is 11.1 Å². The summed E-state index contributed by atoms with van der Waals surface area (Å²) in [5.41, 5.74) is 4.44. The van der Waals surface area contributed by atoms with Gasteiger partial charge in [-0.1, -0.05) is 55.0 Å². The highest BCUT2D eigenvalue weighted by molar-refractivity contribution is 5.87. The van der Waals surface area contributed by atoms with Crippen LogP contribution < -0.4 is 0 Å². The van der Waals surface area contributed by atoms with Gasteiger partial charge < -0.3 is 19.5 Å².